The van der Waals surface area contributed by atoms with Crippen molar-refractivity contribution in [1.29, 1.82) is 0 Å². The number of methoxy groups -OCH3 is 1. The van der Waals surface area contributed by atoms with Gasteiger partial charge in [0.15, 0.2) is 0 Å². The van der Waals surface area contributed by atoms with Gasteiger partial charge in [-0.3, -0.25) is 4.79 Å². The highest BCUT2D eigenvalue weighted by molar-refractivity contribution is 5.88. The maximum absolute atomic E-state index is 12.4. The minimum atomic E-state index is -0.563. The monoisotopic (exact) mass is 284 g/mol. The Morgan fingerprint density at radius 1 is 1.40 bits per heavy atom. The fourth-order valence-electron chi connectivity index (χ4n) is 2.74. The molecule has 2 atom stereocenters. The van der Waals surface area contributed by atoms with Gasteiger partial charge < -0.3 is 15.4 Å². The number of piperidine rings is 1. The molecule has 1 heterocycles. The van der Waals surface area contributed by atoms with Gasteiger partial charge in [-0.15, -0.1) is 0 Å². The Morgan fingerprint density at radius 3 is 2.55 bits per heavy atom. The van der Waals surface area contributed by atoms with Gasteiger partial charge >= 0.3 is 5.97 Å². The Hall–Kier alpha value is -1.10. The van der Waals surface area contributed by atoms with Gasteiger partial charge in [0.25, 0.3) is 0 Å². The van der Waals surface area contributed by atoms with Crippen molar-refractivity contribution in [3.8, 4) is 0 Å². The van der Waals surface area contributed by atoms with Crippen molar-refractivity contribution < 1.29 is 14.3 Å². The number of hydrogen-bond donors (Lipinski definition) is 2. The maximum Gasteiger partial charge on any atom is 0.328 e. The van der Waals surface area contributed by atoms with E-state index in [1.165, 1.54) is 7.11 Å². The van der Waals surface area contributed by atoms with E-state index in [1.807, 2.05) is 13.8 Å². The Balaban J connectivity index is 2.71. The first-order valence-corrected chi connectivity index (χ1v) is 7.39. The molecule has 0 aromatic heterocycles. The quantitative estimate of drug-likeness (QED) is 0.750. The molecule has 0 saturated carbocycles. The highest BCUT2D eigenvalue weighted by Gasteiger charge is 2.38. The number of ether oxygens (including phenoxy) is 1. The van der Waals surface area contributed by atoms with Gasteiger partial charge in [0.1, 0.15) is 6.04 Å². The van der Waals surface area contributed by atoms with E-state index in [4.69, 9.17) is 4.74 Å². The number of nitrogens with one attached hydrogen (secondary N) is 2. The van der Waals surface area contributed by atoms with Crippen molar-refractivity contribution in [3.05, 3.63) is 0 Å². The lowest BCUT2D eigenvalue weighted by molar-refractivity contribution is -0.146. The second kappa shape index (κ2) is 7.07. The normalized spacial score (nSPS) is 23.2. The van der Waals surface area contributed by atoms with Gasteiger partial charge in [-0.25, -0.2) is 4.79 Å². The van der Waals surface area contributed by atoms with Crippen molar-refractivity contribution in [3.63, 3.8) is 0 Å². The molecule has 1 rings (SSSR count). The molecule has 5 heteroatoms. The lowest BCUT2D eigenvalue weighted by Crippen LogP contribution is -2.58. The number of rotatable bonds is 5. The molecule has 20 heavy (non-hydrogen) atoms. The predicted molar refractivity (Wildman–Crippen MR) is 78.2 cm³/mol. The number of esters is 1. The molecule has 1 saturated heterocycles. The van der Waals surface area contributed by atoms with Crippen molar-refractivity contribution in [2.45, 2.75) is 59.0 Å². The lowest BCUT2D eigenvalue weighted by Gasteiger charge is -2.38. The van der Waals surface area contributed by atoms with Crippen molar-refractivity contribution in [2.75, 3.05) is 13.7 Å². The van der Waals surface area contributed by atoms with Crippen LogP contribution in [0.25, 0.3) is 0 Å². The molecule has 1 aliphatic rings. The molecule has 0 bridgehead atoms. The number of carbonyl (C=O) groups excluding carboxylic acids is 2. The Kier molecular flexibility index (Phi) is 5.99. The minimum absolute atomic E-state index is 0.0964. The van der Waals surface area contributed by atoms with Crippen molar-refractivity contribution in [1.82, 2.24) is 10.6 Å². The summed E-state index contributed by atoms with van der Waals surface area (Å²) in [6.07, 6.45) is 2.67. The summed E-state index contributed by atoms with van der Waals surface area (Å²) in [4.78, 5) is 24.2. The van der Waals surface area contributed by atoms with E-state index in [0.717, 1.165) is 19.4 Å². The minimum Gasteiger partial charge on any atom is -0.467 e. The van der Waals surface area contributed by atoms with Crippen LogP contribution in [0.15, 0.2) is 0 Å². The molecular weight excluding hydrogens is 256 g/mol. The van der Waals surface area contributed by atoms with Crippen LogP contribution in [0.2, 0.25) is 0 Å². The number of hydrogen-bond acceptors (Lipinski definition) is 4. The predicted octanol–water partition coefficient (Wildman–Crippen LogP) is 1.47. The van der Waals surface area contributed by atoms with Gasteiger partial charge in [0.2, 0.25) is 5.91 Å². The SMILES string of the molecule is COC(=O)C(CC(C)C)NC(=O)C1NCCCC1(C)C. The molecule has 0 aromatic rings. The Morgan fingerprint density at radius 2 is 2.05 bits per heavy atom. The fraction of sp³-hybridized carbons (Fsp3) is 0.867. The first-order valence-electron chi connectivity index (χ1n) is 7.39. The fourth-order valence-corrected chi connectivity index (χ4v) is 2.74. The van der Waals surface area contributed by atoms with Crippen molar-refractivity contribution >= 4 is 11.9 Å². The average Bonchev–Trinajstić information content (AvgIpc) is 2.35. The van der Waals surface area contributed by atoms with Crippen LogP contribution in [-0.4, -0.2) is 37.6 Å². The summed E-state index contributed by atoms with van der Waals surface area (Å²) in [7, 11) is 1.35. The van der Waals surface area contributed by atoms with Gasteiger partial charge in [-0.1, -0.05) is 27.7 Å². The van der Waals surface area contributed by atoms with Gasteiger partial charge in [0, 0.05) is 0 Å². The van der Waals surface area contributed by atoms with Crippen LogP contribution in [0.3, 0.4) is 0 Å². The maximum atomic E-state index is 12.4. The third-order valence-corrected chi connectivity index (χ3v) is 3.90. The zero-order valence-corrected chi connectivity index (χ0v) is 13.3. The highest BCUT2D eigenvalue weighted by Crippen LogP contribution is 2.30. The molecule has 2 N–H and O–H groups in total. The summed E-state index contributed by atoms with van der Waals surface area (Å²) in [5.41, 5.74) is -0.0964. The first-order chi connectivity index (χ1) is 9.27. The highest BCUT2D eigenvalue weighted by atomic mass is 16.5. The average molecular weight is 284 g/mol. The van der Waals surface area contributed by atoms with E-state index in [0.29, 0.717) is 12.3 Å². The van der Waals surface area contributed by atoms with E-state index < -0.39 is 6.04 Å². The van der Waals surface area contributed by atoms with E-state index in [1.54, 1.807) is 0 Å². The largest absolute Gasteiger partial charge is 0.467 e. The smallest absolute Gasteiger partial charge is 0.328 e. The standard InChI is InChI=1S/C15H28N2O3/c1-10(2)9-11(14(19)20-5)17-13(18)12-15(3,4)7-6-8-16-12/h10-12,16H,6-9H2,1-5H3,(H,17,18). The molecule has 1 amide bonds. The Bertz CT molecular complexity index is 353. The molecular formula is C15H28N2O3. The van der Waals surface area contributed by atoms with E-state index in [2.05, 4.69) is 24.5 Å². The van der Waals surface area contributed by atoms with Crippen LogP contribution in [0.5, 0.6) is 0 Å². The van der Waals surface area contributed by atoms with Crippen LogP contribution >= 0.6 is 0 Å². The summed E-state index contributed by atoms with van der Waals surface area (Å²) in [5.74, 6) is -0.168. The lowest BCUT2D eigenvalue weighted by atomic mass is 9.77. The topological polar surface area (TPSA) is 67.4 Å². The van der Waals surface area contributed by atoms with E-state index in [9.17, 15) is 9.59 Å². The zero-order chi connectivity index (χ0) is 15.3. The Labute approximate surface area is 121 Å². The van der Waals surface area contributed by atoms with E-state index >= 15 is 0 Å². The molecule has 116 valence electrons. The van der Waals surface area contributed by atoms with Crippen LogP contribution in [0, 0.1) is 11.3 Å². The zero-order valence-electron chi connectivity index (χ0n) is 13.3. The number of carbonyl (C=O) groups is 2. The summed E-state index contributed by atoms with van der Waals surface area (Å²) < 4.78 is 4.78. The third kappa shape index (κ3) is 4.47. The van der Waals surface area contributed by atoms with Crippen LogP contribution in [-0.2, 0) is 14.3 Å². The van der Waals surface area contributed by atoms with E-state index in [-0.39, 0.29) is 23.3 Å². The summed E-state index contributed by atoms with van der Waals surface area (Å²) >= 11 is 0. The third-order valence-electron chi connectivity index (χ3n) is 3.90. The first kappa shape index (κ1) is 17.0. The van der Waals surface area contributed by atoms with Gasteiger partial charge in [0.05, 0.1) is 13.2 Å². The molecule has 0 aliphatic carbocycles. The molecule has 1 aliphatic heterocycles. The molecule has 5 nitrogen and oxygen atoms in total. The van der Waals surface area contributed by atoms with Crippen LogP contribution < -0.4 is 10.6 Å². The summed E-state index contributed by atoms with van der Waals surface area (Å²) in [6, 6.07) is -0.817. The second-order valence-corrected chi connectivity index (χ2v) is 6.69. The second-order valence-electron chi connectivity index (χ2n) is 6.69. The summed E-state index contributed by atoms with van der Waals surface area (Å²) in [5, 5.41) is 6.11. The number of amides is 1. The molecule has 0 spiro atoms. The van der Waals surface area contributed by atoms with Crippen molar-refractivity contribution in [2.24, 2.45) is 11.3 Å². The molecule has 1 fully saturated rings. The molecule has 0 aromatic carbocycles. The van der Waals surface area contributed by atoms with Gasteiger partial charge in [-0.05, 0) is 37.1 Å². The molecule has 2 unspecified atom stereocenters. The summed E-state index contributed by atoms with van der Waals surface area (Å²) in [6.45, 7) is 9.04. The van der Waals surface area contributed by atoms with Gasteiger partial charge in [-0.2, -0.15) is 0 Å². The van der Waals surface area contributed by atoms with Crippen LogP contribution in [0.1, 0.15) is 47.0 Å². The molecule has 0 radical (unpaired) electrons. The van der Waals surface area contributed by atoms with Crippen LogP contribution in [0.4, 0.5) is 0 Å².